The second-order valence-electron chi connectivity index (χ2n) is 4.41. The minimum atomic E-state index is -2.56. The van der Waals surface area contributed by atoms with Gasteiger partial charge in [0.15, 0.2) is 5.82 Å². The summed E-state index contributed by atoms with van der Waals surface area (Å²) in [5, 5.41) is 7.60. The number of nitrogens with zero attached hydrogens (tertiary/aromatic N) is 4. The highest BCUT2D eigenvalue weighted by molar-refractivity contribution is 6.29. The van der Waals surface area contributed by atoms with Gasteiger partial charge >= 0.3 is 0 Å². The van der Waals surface area contributed by atoms with Crippen molar-refractivity contribution < 1.29 is 13.6 Å². The van der Waals surface area contributed by atoms with E-state index in [1.165, 1.54) is 27.8 Å². The maximum absolute atomic E-state index is 12.7. The summed E-state index contributed by atoms with van der Waals surface area (Å²) >= 11 is 5.59. The monoisotopic (exact) mass is 314 g/mol. The third kappa shape index (κ3) is 3.75. The molecule has 0 saturated heterocycles. The number of benzene rings is 1. The second-order valence-corrected chi connectivity index (χ2v) is 4.68. The van der Waals surface area contributed by atoms with Crippen LogP contribution in [0.15, 0.2) is 30.5 Å². The van der Waals surface area contributed by atoms with E-state index >= 15 is 0 Å². The zero-order valence-corrected chi connectivity index (χ0v) is 12.0. The van der Waals surface area contributed by atoms with Gasteiger partial charge in [0, 0.05) is 12.6 Å². The molecular formula is C13H13ClF2N4O. The van der Waals surface area contributed by atoms with E-state index in [0.29, 0.717) is 11.4 Å². The molecule has 0 aliphatic rings. The first kappa shape index (κ1) is 15.4. The van der Waals surface area contributed by atoms with E-state index in [9.17, 15) is 13.6 Å². The van der Waals surface area contributed by atoms with Crippen molar-refractivity contribution in [3.8, 4) is 0 Å². The summed E-state index contributed by atoms with van der Waals surface area (Å²) in [5.41, 5.74) is 0.474. The van der Waals surface area contributed by atoms with E-state index in [-0.39, 0.29) is 23.9 Å². The minimum absolute atomic E-state index is 0.0927. The van der Waals surface area contributed by atoms with Gasteiger partial charge in [0.1, 0.15) is 5.88 Å². The first-order valence-electron chi connectivity index (χ1n) is 6.11. The van der Waals surface area contributed by atoms with Crippen molar-refractivity contribution in [3.63, 3.8) is 0 Å². The molecule has 1 aromatic heterocycles. The predicted molar refractivity (Wildman–Crippen MR) is 74.3 cm³/mol. The lowest BCUT2D eigenvalue weighted by Crippen LogP contribution is -2.31. The zero-order valence-electron chi connectivity index (χ0n) is 11.2. The minimum Gasteiger partial charge on any atom is -0.288 e. The van der Waals surface area contributed by atoms with Crippen molar-refractivity contribution in [2.75, 3.05) is 10.8 Å². The Labute approximate surface area is 125 Å². The molecule has 0 radical (unpaired) electrons. The van der Waals surface area contributed by atoms with Crippen LogP contribution in [0.3, 0.4) is 0 Å². The normalized spacial score (nSPS) is 10.9. The first-order valence-corrected chi connectivity index (χ1v) is 6.64. The zero-order chi connectivity index (χ0) is 15.4. The van der Waals surface area contributed by atoms with Crippen molar-refractivity contribution >= 4 is 23.3 Å². The van der Waals surface area contributed by atoms with E-state index < -0.39 is 6.43 Å². The van der Waals surface area contributed by atoms with E-state index in [0.717, 1.165) is 0 Å². The topological polar surface area (TPSA) is 51.0 Å². The van der Waals surface area contributed by atoms with Gasteiger partial charge in [-0.3, -0.25) is 14.4 Å². The fourth-order valence-electron chi connectivity index (χ4n) is 1.84. The van der Waals surface area contributed by atoms with Crippen LogP contribution >= 0.6 is 11.6 Å². The molecule has 2 aromatic rings. The van der Waals surface area contributed by atoms with Crippen LogP contribution in [0, 0.1) is 0 Å². The quantitative estimate of drug-likeness (QED) is 0.797. The number of hydrogen-bond acceptors (Lipinski definition) is 3. The molecule has 0 unspecified atom stereocenters. The van der Waals surface area contributed by atoms with Crippen LogP contribution in [0.25, 0.3) is 0 Å². The molecular weight excluding hydrogens is 302 g/mol. The SMILES string of the molecule is Cn1cc(N(Cc2cccc(C(F)F)c2)C(=O)CCl)nn1. The fraction of sp³-hybridized carbons (Fsp3) is 0.308. The van der Waals surface area contributed by atoms with Crippen LogP contribution in [0.4, 0.5) is 14.6 Å². The summed E-state index contributed by atoms with van der Waals surface area (Å²) in [6.45, 7) is 0.102. The molecule has 1 amide bonds. The van der Waals surface area contributed by atoms with Gasteiger partial charge in [-0.05, 0) is 11.6 Å². The lowest BCUT2D eigenvalue weighted by atomic mass is 10.1. The Morgan fingerprint density at radius 2 is 2.24 bits per heavy atom. The second kappa shape index (κ2) is 6.62. The van der Waals surface area contributed by atoms with Gasteiger partial charge < -0.3 is 0 Å². The molecule has 1 aromatic carbocycles. The Hall–Kier alpha value is -2.02. The average molecular weight is 315 g/mol. The number of carbonyl (C=O) groups is 1. The van der Waals surface area contributed by atoms with Gasteiger partial charge in [-0.25, -0.2) is 8.78 Å². The lowest BCUT2D eigenvalue weighted by molar-refractivity contribution is -0.116. The van der Waals surface area contributed by atoms with Crippen molar-refractivity contribution in [1.82, 2.24) is 15.0 Å². The van der Waals surface area contributed by atoms with Gasteiger partial charge in [0.2, 0.25) is 5.91 Å². The lowest BCUT2D eigenvalue weighted by Gasteiger charge is -2.19. The van der Waals surface area contributed by atoms with Gasteiger partial charge in [-0.1, -0.05) is 23.4 Å². The summed E-state index contributed by atoms with van der Waals surface area (Å²) in [6, 6.07) is 5.88. The van der Waals surface area contributed by atoms with Gasteiger partial charge in [-0.2, -0.15) is 0 Å². The smallest absolute Gasteiger partial charge is 0.263 e. The predicted octanol–water partition coefficient (Wildman–Crippen LogP) is 2.52. The van der Waals surface area contributed by atoms with Crippen molar-refractivity contribution in [1.29, 1.82) is 0 Å². The standard InChI is InChI=1S/C13H13ClF2N4O/c1-19-8-11(17-18-19)20(12(21)6-14)7-9-3-2-4-10(5-9)13(15)16/h2-5,8,13H,6-7H2,1H3. The molecule has 1 heterocycles. The number of rotatable bonds is 5. The summed E-state index contributed by atoms with van der Waals surface area (Å²) in [4.78, 5) is 13.2. The summed E-state index contributed by atoms with van der Waals surface area (Å²) in [6.07, 6.45) is -1.000. The van der Waals surface area contributed by atoms with E-state index in [1.807, 2.05) is 0 Å². The number of halogens is 3. The van der Waals surface area contributed by atoms with Gasteiger partial charge in [-0.15, -0.1) is 16.7 Å². The van der Waals surface area contributed by atoms with Gasteiger partial charge in [0.05, 0.1) is 12.7 Å². The molecule has 0 spiro atoms. The van der Waals surface area contributed by atoms with Crippen molar-refractivity contribution in [2.24, 2.45) is 7.05 Å². The van der Waals surface area contributed by atoms with Crippen LogP contribution in [-0.2, 0) is 18.4 Å². The Morgan fingerprint density at radius 3 is 2.81 bits per heavy atom. The van der Waals surface area contributed by atoms with Crippen molar-refractivity contribution in [2.45, 2.75) is 13.0 Å². The third-order valence-corrected chi connectivity index (χ3v) is 3.05. The Morgan fingerprint density at radius 1 is 1.48 bits per heavy atom. The maximum atomic E-state index is 12.7. The van der Waals surface area contributed by atoms with Crippen LogP contribution in [0.2, 0.25) is 0 Å². The molecule has 8 heteroatoms. The highest BCUT2D eigenvalue weighted by Gasteiger charge is 2.19. The number of amides is 1. The van der Waals surface area contributed by atoms with Crippen LogP contribution in [-0.4, -0.2) is 26.8 Å². The molecule has 0 atom stereocenters. The van der Waals surface area contributed by atoms with E-state index in [1.54, 1.807) is 19.3 Å². The molecule has 5 nitrogen and oxygen atoms in total. The Bertz CT molecular complexity index is 632. The molecule has 112 valence electrons. The number of hydrogen-bond donors (Lipinski definition) is 0. The van der Waals surface area contributed by atoms with Crippen LogP contribution in [0.5, 0.6) is 0 Å². The Balaban J connectivity index is 2.27. The third-order valence-electron chi connectivity index (χ3n) is 2.83. The number of alkyl halides is 3. The van der Waals surface area contributed by atoms with E-state index in [4.69, 9.17) is 11.6 Å². The summed E-state index contributed by atoms with van der Waals surface area (Å²) in [5.74, 6) is -0.282. The molecule has 0 bridgehead atoms. The average Bonchev–Trinajstić information content (AvgIpc) is 2.90. The van der Waals surface area contributed by atoms with Crippen molar-refractivity contribution in [3.05, 3.63) is 41.6 Å². The fourth-order valence-corrected chi connectivity index (χ4v) is 1.98. The summed E-state index contributed by atoms with van der Waals surface area (Å²) < 4.78 is 26.9. The maximum Gasteiger partial charge on any atom is 0.263 e. The molecule has 2 rings (SSSR count). The van der Waals surface area contributed by atoms with Gasteiger partial charge in [0.25, 0.3) is 6.43 Å². The van der Waals surface area contributed by atoms with Crippen LogP contribution in [0.1, 0.15) is 17.6 Å². The number of anilines is 1. The molecule has 0 aliphatic heterocycles. The first-order chi connectivity index (χ1) is 10.0. The largest absolute Gasteiger partial charge is 0.288 e. The Kier molecular flexibility index (Phi) is 4.85. The molecule has 0 saturated carbocycles. The summed E-state index contributed by atoms with van der Waals surface area (Å²) in [7, 11) is 1.66. The molecule has 0 fully saturated rings. The molecule has 0 N–H and O–H groups in total. The number of carbonyl (C=O) groups excluding carboxylic acids is 1. The highest BCUT2D eigenvalue weighted by Crippen LogP contribution is 2.21. The van der Waals surface area contributed by atoms with Crippen LogP contribution < -0.4 is 4.90 Å². The number of aryl methyl sites for hydroxylation is 1. The molecule has 0 aliphatic carbocycles. The number of aromatic nitrogens is 3. The van der Waals surface area contributed by atoms with E-state index in [2.05, 4.69) is 10.3 Å². The highest BCUT2D eigenvalue weighted by atomic mass is 35.5. The molecule has 21 heavy (non-hydrogen) atoms.